The van der Waals surface area contributed by atoms with Crippen LogP contribution in [0, 0.1) is 6.92 Å². The predicted molar refractivity (Wildman–Crippen MR) is 82.8 cm³/mol. The molecule has 1 aromatic heterocycles. The van der Waals surface area contributed by atoms with Crippen molar-refractivity contribution in [2.75, 3.05) is 20.8 Å². The zero-order valence-electron chi connectivity index (χ0n) is 12.3. The Morgan fingerprint density at radius 3 is 2.50 bits per heavy atom. The van der Waals surface area contributed by atoms with E-state index in [1.54, 1.807) is 14.2 Å². The Kier molecular flexibility index (Phi) is 5.44. The lowest BCUT2D eigenvalue weighted by Gasteiger charge is -2.09. The number of quaternary nitrogens is 1. The summed E-state index contributed by atoms with van der Waals surface area (Å²) in [5, 5.41) is 2.35. The lowest BCUT2D eigenvalue weighted by atomic mass is 10.1. The van der Waals surface area contributed by atoms with E-state index >= 15 is 0 Å². The van der Waals surface area contributed by atoms with E-state index in [1.807, 2.05) is 17.4 Å². The molecule has 2 N–H and O–H groups in total. The van der Waals surface area contributed by atoms with Gasteiger partial charge in [0.1, 0.15) is 6.54 Å². The molecule has 4 heteroatoms. The molecule has 0 fully saturated rings. The van der Waals surface area contributed by atoms with Gasteiger partial charge < -0.3 is 14.8 Å². The van der Waals surface area contributed by atoms with Gasteiger partial charge in [-0.25, -0.2) is 0 Å². The molecule has 0 radical (unpaired) electrons. The van der Waals surface area contributed by atoms with Gasteiger partial charge in [-0.05, 0) is 36.8 Å². The molecule has 0 aliphatic carbocycles. The van der Waals surface area contributed by atoms with E-state index < -0.39 is 0 Å². The van der Waals surface area contributed by atoms with E-state index in [-0.39, 0.29) is 0 Å². The standard InChI is InChI=1S/C16H21NO2S/c1-12-4-6-14(20-12)11-17-9-8-13-5-7-15(18-2)16(10-13)19-3/h4-7,10,17H,8-9,11H2,1-3H3/p+1. The van der Waals surface area contributed by atoms with Gasteiger partial charge in [0.05, 0.1) is 25.6 Å². The van der Waals surface area contributed by atoms with Gasteiger partial charge in [0.15, 0.2) is 11.5 Å². The minimum absolute atomic E-state index is 0.786. The van der Waals surface area contributed by atoms with Crippen LogP contribution in [-0.4, -0.2) is 20.8 Å². The summed E-state index contributed by atoms with van der Waals surface area (Å²) < 4.78 is 10.6. The van der Waals surface area contributed by atoms with E-state index in [4.69, 9.17) is 9.47 Å². The molecule has 1 heterocycles. The second kappa shape index (κ2) is 7.31. The summed E-state index contributed by atoms with van der Waals surface area (Å²) in [6, 6.07) is 10.5. The van der Waals surface area contributed by atoms with Crippen molar-refractivity contribution in [3.63, 3.8) is 0 Å². The minimum Gasteiger partial charge on any atom is -0.493 e. The van der Waals surface area contributed by atoms with Crippen LogP contribution in [0.2, 0.25) is 0 Å². The molecular weight excluding hydrogens is 270 g/mol. The summed E-state index contributed by atoms with van der Waals surface area (Å²) in [6.45, 7) is 4.29. The number of rotatable bonds is 7. The number of hydrogen-bond donors (Lipinski definition) is 1. The topological polar surface area (TPSA) is 35.1 Å². The second-order valence-electron chi connectivity index (χ2n) is 4.73. The normalized spacial score (nSPS) is 10.6. The average Bonchev–Trinajstić information content (AvgIpc) is 2.89. The molecule has 2 rings (SSSR count). The number of nitrogens with two attached hydrogens (primary N) is 1. The first kappa shape index (κ1) is 14.9. The fraction of sp³-hybridized carbons (Fsp3) is 0.375. The molecule has 0 saturated carbocycles. The van der Waals surface area contributed by atoms with Crippen molar-refractivity contribution in [1.29, 1.82) is 0 Å². The zero-order valence-corrected chi connectivity index (χ0v) is 13.1. The first-order valence-electron chi connectivity index (χ1n) is 6.81. The van der Waals surface area contributed by atoms with Crippen molar-refractivity contribution in [3.8, 4) is 11.5 Å². The van der Waals surface area contributed by atoms with Crippen LogP contribution < -0.4 is 14.8 Å². The van der Waals surface area contributed by atoms with Crippen LogP contribution in [0.25, 0.3) is 0 Å². The maximum absolute atomic E-state index is 5.32. The van der Waals surface area contributed by atoms with E-state index in [9.17, 15) is 0 Å². The van der Waals surface area contributed by atoms with Crippen molar-refractivity contribution in [2.24, 2.45) is 0 Å². The number of hydrogen-bond acceptors (Lipinski definition) is 3. The van der Waals surface area contributed by atoms with Gasteiger partial charge in [0.25, 0.3) is 0 Å². The van der Waals surface area contributed by atoms with E-state index in [2.05, 4.69) is 36.5 Å². The van der Waals surface area contributed by atoms with Crippen LogP contribution in [0.4, 0.5) is 0 Å². The molecule has 0 bridgehead atoms. The molecule has 1 aromatic carbocycles. The highest BCUT2D eigenvalue weighted by molar-refractivity contribution is 7.11. The largest absolute Gasteiger partial charge is 0.493 e. The smallest absolute Gasteiger partial charge is 0.160 e. The summed E-state index contributed by atoms with van der Waals surface area (Å²) in [5.74, 6) is 1.59. The number of ether oxygens (including phenoxy) is 2. The van der Waals surface area contributed by atoms with Crippen LogP contribution in [0.1, 0.15) is 15.3 Å². The Bertz CT molecular complexity index is 551. The number of aryl methyl sites for hydroxylation is 1. The first-order chi connectivity index (χ1) is 9.72. The van der Waals surface area contributed by atoms with E-state index in [0.717, 1.165) is 31.0 Å². The van der Waals surface area contributed by atoms with Gasteiger partial charge in [-0.1, -0.05) is 6.07 Å². The average molecular weight is 292 g/mol. The maximum atomic E-state index is 5.32. The molecule has 2 aromatic rings. The molecule has 0 amide bonds. The van der Waals surface area contributed by atoms with Crippen molar-refractivity contribution in [1.82, 2.24) is 0 Å². The van der Waals surface area contributed by atoms with Crippen molar-refractivity contribution in [3.05, 3.63) is 45.6 Å². The van der Waals surface area contributed by atoms with Crippen LogP contribution in [0.15, 0.2) is 30.3 Å². The summed E-state index contributed by atoms with van der Waals surface area (Å²) in [6.07, 6.45) is 1.03. The first-order valence-corrected chi connectivity index (χ1v) is 7.62. The van der Waals surface area contributed by atoms with Crippen molar-refractivity contribution >= 4 is 11.3 Å². The predicted octanol–water partition coefficient (Wildman–Crippen LogP) is 2.38. The van der Waals surface area contributed by atoms with Gasteiger partial charge in [0.2, 0.25) is 0 Å². The Labute approximate surface area is 124 Å². The molecule has 3 nitrogen and oxygen atoms in total. The highest BCUT2D eigenvalue weighted by Crippen LogP contribution is 2.27. The van der Waals surface area contributed by atoms with Gasteiger partial charge in [-0.3, -0.25) is 0 Å². The van der Waals surface area contributed by atoms with Gasteiger partial charge in [-0.15, -0.1) is 11.3 Å². The van der Waals surface area contributed by atoms with Crippen LogP contribution >= 0.6 is 11.3 Å². The number of thiophene rings is 1. The lowest BCUT2D eigenvalue weighted by Crippen LogP contribution is -2.82. The summed E-state index contributed by atoms with van der Waals surface area (Å²) in [7, 11) is 3.33. The molecule has 20 heavy (non-hydrogen) atoms. The fourth-order valence-corrected chi connectivity index (χ4v) is 3.03. The maximum Gasteiger partial charge on any atom is 0.160 e. The molecule has 0 atom stereocenters. The number of benzene rings is 1. The Morgan fingerprint density at radius 2 is 1.85 bits per heavy atom. The van der Waals surface area contributed by atoms with Crippen LogP contribution in [-0.2, 0) is 13.0 Å². The minimum atomic E-state index is 0.786. The quantitative estimate of drug-likeness (QED) is 0.795. The number of methoxy groups -OCH3 is 2. The Hall–Kier alpha value is -1.52. The summed E-state index contributed by atoms with van der Waals surface area (Å²) in [5.41, 5.74) is 1.28. The molecule has 0 unspecified atom stereocenters. The Morgan fingerprint density at radius 1 is 1.05 bits per heavy atom. The summed E-state index contributed by atoms with van der Waals surface area (Å²) in [4.78, 5) is 2.82. The summed E-state index contributed by atoms with van der Waals surface area (Å²) >= 11 is 1.88. The van der Waals surface area contributed by atoms with Crippen molar-refractivity contribution < 1.29 is 14.8 Å². The Balaban J connectivity index is 1.82. The third-order valence-electron chi connectivity index (χ3n) is 3.23. The third-order valence-corrected chi connectivity index (χ3v) is 4.25. The van der Waals surface area contributed by atoms with Gasteiger partial charge in [-0.2, -0.15) is 0 Å². The SMILES string of the molecule is COc1ccc(CC[NH2+]Cc2ccc(C)s2)cc1OC. The van der Waals surface area contributed by atoms with Crippen LogP contribution in [0.5, 0.6) is 11.5 Å². The highest BCUT2D eigenvalue weighted by Gasteiger charge is 2.05. The van der Waals surface area contributed by atoms with Gasteiger partial charge in [0, 0.05) is 11.3 Å². The molecule has 0 aliphatic heterocycles. The monoisotopic (exact) mass is 292 g/mol. The molecule has 0 saturated heterocycles. The molecule has 108 valence electrons. The molecule has 0 aliphatic rings. The van der Waals surface area contributed by atoms with Crippen LogP contribution in [0.3, 0.4) is 0 Å². The fourth-order valence-electron chi connectivity index (χ4n) is 2.14. The molecular formula is C16H22NO2S+. The third kappa shape index (κ3) is 3.99. The van der Waals surface area contributed by atoms with E-state index in [1.165, 1.54) is 15.3 Å². The zero-order chi connectivity index (χ0) is 14.4. The van der Waals surface area contributed by atoms with Crippen molar-refractivity contribution in [2.45, 2.75) is 19.9 Å². The van der Waals surface area contributed by atoms with E-state index in [0.29, 0.717) is 0 Å². The molecule has 0 spiro atoms. The highest BCUT2D eigenvalue weighted by atomic mass is 32.1. The lowest BCUT2D eigenvalue weighted by molar-refractivity contribution is -0.669. The second-order valence-corrected chi connectivity index (χ2v) is 6.11. The van der Waals surface area contributed by atoms with Gasteiger partial charge >= 0.3 is 0 Å².